The van der Waals surface area contributed by atoms with E-state index >= 15 is 0 Å². The van der Waals surface area contributed by atoms with Gasteiger partial charge in [0.2, 0.25) is 0 Å². The summed E-state index contributed by atoms with van der Waals surface area (Å²) in [4.78, 5) is 16.7. The van der Waals surface area contributed by atoms with Crippen molar-refractivity contribution < 1.29 is 9.53 Å². The second-order valence-corrected chi connectivity index (χ2v) is 6.21. The standard InChI is InChI=1S/C22H22N2O2/c1-15-14-23-13-12-19(15)17-8-10-18(11-9-17)22(25)24-16(2)20-6-4-5-7-21(20)26-3/h4-14,16H,1-3H3,(H,24,25). The third-order valence-corrected chi connectivity index (χ3v) is 4.43. The zero-order valence-electron chi connectivity index (χ0n) is 15.2. The van der Waals surface area contributed by atoms with Crippen LogP contribution in [0.25, 0.3) is 11.1 Å². The summed E-state index contributed by atoms with van der Waals surface area (Å²) in [5.41, 5.74) is 4.87. The fourth-order valence-electron chi connectivity index (χ4n) is 2.98. The van der Waals surface area contributed by atoms with E-state index in [1.165, 1.54) is 0 Å². The first-order valence-electron chi connectivity index (χ1n) is 8.55. The number of amides is 1. The summed E-state index contributed by atoms with van der Waals surface area (Å²) in [6.45, 7) is 3.97. The minimum absolute atomic E-state index is 0.110. The van der Waals surface area contributed by atoms with Crippen molar-refractivity contribution in [2.24, 2.45) is 0 Å². The molecule has 0 aliphatic rings. The highest BCUT2D eigenvalue weighted by atomic mass is 16.5. The molecule has 3 aromatic rings. The van der Waals surface area contributed by atoms with Crippen LogP contribution in [0.1, 0.15) is 34.5 Å². The maximum absolute atomic E-state index is 12.6. The number of pyridine rings is 1. The molecule has 1 aromatic heterocycles. The zero-order chi connectivity index (χ0) is 18.5. The lowest BCUT2D eigenvalue weighted by Gasteiger charge is -2.17. The van der Waals surface area contributed by atoms with E-state index < -0.39 is 0 Å². The molecule has 0 radical (unpaired) electrons. The molecule has 4 heteroatoms. The number of aromatic nitrogens is 1. The zero-order valence-corrected chi connectivity index (χ0v) is 15.2. The number of methoxy groups -OCH3 is 1. The number of aryl methyl sites for hydroxylation is 1. The number of carbonyl (C=O) groups is 1. The Kier molecular flexibility index (Phi) is 5.32. The molecule has 0 aliphatic heterocycles. The molecule has 0 saturated carbocycles. The van der Waals surface area contributed by atoms with Crippen LogP contribution in [0.5, 0.6) is 5.75 Å². The highest BCUT2D eigenvalue weighted by Crippen LogP contribution is 2.25. The summed E-state index contributed by atoms with van der Waals surface area (Å²) >= 11 is 0. The van der Waals surface area contributed by atoms with Gasteiger partial charge in [-0.2, -0.15) is 0 Å². The van der Waals surface area contributed by atoms with Crippen molar-refractivity contribution in [1.29, 1.82) is 0 Å². The van der Waals surface area contributed by atoms with Crippen LogP contribution in [0.3, 0.4) is 0 Å². The molecule has 1 unspecified atom stereocenters. The number of nitrogens with zero attached hydrogens (tertiary/aromatic N) is 1. The first-order chi connectivity index (χ1) is 12.6. The molecule has 1 heterocycles. The lowest BCUT2D eigenvalue weighted by molar-refractivity contribution is 0.0939. The van der Waals surface area contributed by atoms with Gasteiger partial charge in [-0.3, -0.25) is 9.78 Å². The Balaban J connectivity index is 1.75. The number of benzene rings is 2. The third kappa shape index (κ3) is 3.75. The number of carbonyl (C=O) groups excluding carboxylic acids is 1. The molecular formula is C22H22N2O2. The molecule has 3 rings (SSSR count). The number of hydrogen-bond acceptors (Lipinski definition) is 3. The molecular weight excluding hydrogens is 324 g/mol. The molecule has 0 fully saturated rings. The van der Waals surface area contributed by atoms with Crippen molar-refractivity contribution >= 4 is 5.91 Å². The minimum atomic E-state index is -0.152. The number of ether oxygens (including phenoxy) is 1. The highest BCUT2D eigenvalue weighted by Gasteiger charge is 2.15. The summed E-state index contributed by atoms with van der Waals surface area (Å²) < 4.78 is 5.37. The Labute approximate surface area is 153 Å². The minimum Gasteiger partial charge on any atom is -0.496 e. The topological polar surface area (TPSA) is 51.2 Å². The maximum atomic E-state index is 12.6. The van der Waals surface area contributed by atoms with Crippen LogP contribution in [-0.4, -0.2) is 18.0 Å². The molecule has 1 N–H and O–H groups in total. The van der Waals surface area contributed by atoms with Gasteiger partial charge in [0.05, 0.1) is 13.2 Å². The van der Waals surface area contributed by atoms with Gasteiger partial charge in [0.25, 0.3) is 5.91 Å². The third-order valence-electron chi connectivity index (χ3n) is 4.43. The smallest absolute Gasteiger partial charge is 0.251 e. The van der Waals surface area contributed by atoms with Crippen molar-refractivity contribution in [2.45, 2.75) is 19.9 Å². The predicted octanol–water partition coefficient (Wildman–Crippen LogP) is 4.56. The van der Waals surface area contributed by atoms with Crippen LogP contribution in [0, 0.1) is 6.92 Å². The van der Waals surface area contributed by atoms with Crippen LogP contribution < -0.4 is 10.1 Å². The van der Waals surface area contributed by atoms with Gasteiger partial charge >= 0.3 is 0 Å². The van der Waals surface area contributed by atoms with Gasteiger partial charge in [-0.15, -0.1) is 0 Å². The van der Waals surface area contributed by atoms with Gasteiger partial charge in [-0.1, -0.05) is 30.3 Å². The summed E-state index contributed by atoms with van der Waals surface area (Å²) in [5, 5.41) is 3.03. The van der Waals surface area contributed by atoms with Crippen LogP contribution in [0.2, 0.25) is 0 Å². The number of nitrogens with one attached hydrogen (secondary N) is 1. The average Bonchev–Trinajstić information content (AvgIpc) is 2.68. The van der Waals surface area contributed by atoms with E-state index in [0.717, 1.165) is 28.0 Å². The molecule has 0 saturated heterocycles. The van der Waals surface area contributed by atoms with Crippen molar-refractivity contribution in [2.75, 3.05) is 7.11 Å². The molecule has 0 aliphatic carbocycles. The molecule has 2 aromatic carbocycles. The lowest BCUT2D eigenvalue weighted by Crippen LogP contribution is -2.26. The summed E-state index contributed by atoms with van der Waals surface area (Å²) in [6, 6.07) is 17.1. The van der Waals surface area contributed by atoms with Crippen LogP contribution in [-0.2, 0) is 0 Å². The number of hydrogen-bond donors (Lipinski definition) is 1. The van der Waals surface area contributed by atoms with E-state index in [-0.39, 0.29) is 11.9 Å². The Morgan fingerprint density at radius 2 is 1.81 bits per heavy atom. The Hall–Kier alpha value is -3.14. The van der Waals surface area contributed by atoms with Gasteiger partial charge in [0.15, 0.2) is 0 Å². The second-order valence-electron chi connectivity index (χ2n) is 6.21. The Morgan fingerprint density at radius 1 is 1.08 bits per heavy atom. The largest absolute Gasteiger partial charge is 0.496 e. The lowest BCUT2D eigenvalue weighted by atomic mass is 10.0. The van der Waals surface area contributed by atoms with Gasteiger partial charge in [-0.05, 0) is 54.8 Å². The first kappa shape index (κ1) is 17.7. The van der Waals surface area contributed by atoms with Crippen molar-refractivity contribution in [3.05, 3.63) is 83.7 Å². The van der Waals surface area contributed by atoms with Crippen molar-refractivity contribution in [1.82, 2.24) is 10.3 Å². The maximum Gasteiger partial charge on any atom is 0.251 e. The first-order valence-corrected chi connectivity index (χ1v) is 8.55. The summed E-state index contributed by atoms with van der Waals surface area (Å²) in [5.74, 6) is 0.658. The summed E-state index contributed by atoms with van der Waals surface area (Å²) in [6.07, 6.45) is 3.61. The fourth-order valence-corrected chi connectivity index (χ4v) is 2.98. The molecule has 1 atom stereocenters. The monoisotopic (exact) mass is 346 g/mol. The van der Waals surface area contributed by atoms with E-state index in [2.05, 4.69) is 10.3 Å². The van der Waals surface area contributed by atoms with E-state index in [0.29, 0.717) is 5.56 Å². The van der Waals surface area contributed by atoms with E-state index in [9.17, 15) is 4.79 Å². The van der Waals surface area contributed by atoms with Gasteiger partial charge in [0.1, 0.15) is 5.75 Å². The average molecular weight is 346 g/mol. The quantitative estimate of drug-likeness (QED) is 0.737. The highest BCUT2D eigenvalue weighted by molar-refractivity contribution is 5.95. The molecule has 26 heavy (non-hydrogen) atoms. The molecule has 132 valence electrons. The fraction of sp³-hybridized carbons (Fsp3) is 0.182. The van der Waals surface area contributed by atoms with Crippen LogP contribution in [0.15, 0.2) is 67.0 Å². The normalized spacial score (nSPS) is 11.7. The second kappa shape index (κ2) is 7.83. The Bertz CT molecular complexity index is 904. The number of rotatable bonds is 5. The molecule has 0 spiro atoms. The summed E-state index contributed by atoms with van der Waals surface area (Å²) in [7, 11) is 1.63. The van der Waals surface area contributed by atoms with Crippen LogP contribution >= 0.6 is 0 Å². The number of para-hydroxylation sites is 1. The van der Waals surface area contributed by atoms with Gasteiger partial charge < -0.3 is 10.1 Å². The molecule has 1 amide bonds. The predicted molar refractivity (Wildman–Crippen MR) is 103 cm³/mol. The van der Waals surface area contributed by atoms with Crippen LogP contribution in [0.4, 0.5) is 0 Å². The van der Waals surface area contributed by atoms with E-state index in [4.69, 9.17) is 4.74 Å². The van der Waals surface area contributed by atoms with Gasteiger partial charge in [-0.25, -0.2) is 0 Å². The molecule has 0 bridgehead atoms. The SMILES string of the molecule is COc1ccccc1C(C)NC(=O)c1ccc(-c2ccncc2C)cc1. The molecule has 4 nitrogen and oxygen atoms in total. The Morgan fingerprint density at radius 3 is 2.50 bits per heavy atom. The van der Waals surface area contributed by atoms with E-state index in [1.54, 1.807) is 13.3 Å². The van der Waals surface area contributed by atoms with E-state index in [1.807, 2.05) is 74.6 Å². The van der Waals surface area contributed by atoms with Crippen molar-refractivity contribution in [3.63, 3.8) is 0 Å². The van der Waals surface area contributed by atoms with Gasteiger partial charge in [0, 0.05) is 23.5 Å². The van der Waals surface area contributed by atoms with Crippen molar-refractivity contribution in [3.8, 4) is 16.9 Å².